The van der Waals surface area contributed by atoms with E-state index in [9.17, 15) is 14.4 Å². The van der Waals surface area contributed by atoms with Crippen LogP contribution in [-0.2, 0) is 30.2 Å². The molecule has 5 heterocycles. The third kappa shape index (κ3) is 6.67. The molecule has 12 nitrogen and oxygen atoms in total. The van der Waals surface area contributed by atoms with Gasteiger partial charge in [-0.2, -0.15) is 5.10 Å². The molecule has 2 unspecified atom stereocenters. The predicted octanol–water partition coefficient (Wildman–Crippen LogP) is 4.13. The van der Waals surface area contributed by atoms with Crippen LogP contribution in [0.15, 0.2) is 41.3 Å². The first-order chi connectivity index (χ1) is 25.3. The van der Waals surface area contributed by atoms with Gasteiger partial charge in [0.2, 0.25) is 11.8 Å². The molecular weight excluding hydrogens is 684 g/mol. The second-order valence-corrected chi connectivity index (χ2v) is 14.6. The van der Waals surface area contributed by atoms with Gasteiger partial charge in [-0.25, -0.2) is 8.78 Å². The average Bonchev–Trinajstić information content (AvgIpc) is 3.48. The molecule has 3 aliphatic heterocycles. The lowest BCUT2D eigenvalue weighted by Crippen LogP contribution is -2.61. The standard InChI is InChI=1S/C39H47F2N7O5/c1-23-24(2)38(51)44(3)20-28(23)25-18-31(52-5)29(32(19-25)53-6)21-46-13-12-33(39(40,41)22-46)48-16-14-47(15-17-48)30-9-7-8-26-35(43-45(4)36(26)30)27-10-11-34(49)42-37(27)50/h7-9,18-20,27,33H,10-17,21-22H2,1-6H3,(H,42,49,50). The Morgan fingerprint density at radius 3 is 2.28 bits per heavy atom. The summed E-state index contributed by atoms with van der Waals surface area (Å²) in [4.78, 5) is 42.8. The molecule has 2 atom stereocenters. The van der Waals surface area contributed by atoms with E-state index in [-0.39, 0.29) is 36.9 Å². The largest absolute Gasteiger partial charge is 0.496 e. The number of benzene rings is 2. The highest BCUT2D eigenvalue weighted by Crippen LogP contribution is 2.40. The number of likely N-dealkylation sites (tertiary alicyclic amines) is 1. The van der Waals surface area contributed by atoms with Crippen molar-refractivity contribution in [3.8, 4) is 22.6 Å². The summed E-state index contributed by atoms with van der Waals surface area (Å²) < 4.78 is 47.1. The molecule has 0 radical (unpaired) electrons. The van der Waals surface area contributed by atoms with Crippen LogP contribution in [0.2, 0.25) is 0 Å². The molecule has 1 N–H and O–H groups in total. The van der Waals surface area contributed by atoms with Gasteiger partial charge in [0.25, 0.3) is 11.5 Å². The second-order valence-electron chi connectivity index (χ2n) is 14.6. The van der Waals surface area contributed by atoms with Gasteiger partial charge in [0.15, 0.2) is 0 Å². The maximum absolute atomic E-state index is 16.1. The predicted molar refractivity (Wildman–Crippen MR) is 198 cm³/mol. The average molecular weight is 732 g/mol. The van der Waals surface area contributed by atoms with Crippen LogP contribution in [0.5, 0.6) is 11.5 Å². The van der Waals surface area contributed by atoms with Crippen LogP contribution in [0.4, 0.5) is 14.5 Å². The van der Waals surface area contributed by atoms with Gasteiger partial charge in [-0.15, -0.1) is 0 Å². The van der Waals surface area contributed by atoms with Gasteiger partial charge in [-0.1, -0.05) is 12.1 Å². The third-order valence-corrected chi connectivity index (χ3v) is 11.4. The molecule has 7 rings (SSSR count). The van der Waals surface area contributed by atoms with Crippen LogP contribution < -0.4 is 25.2 Å². The van der Waals surface area contributed by atoms with Crippen LogP contribution in [-0.4, -0.2) is 101 Å². The molecule has 2 amide bonds. The van der Waals surface area contributed by atoms with Gasteiger partial charge in [-0.05, 0) is 56.0 Å². The summed E-state index contributed by atoms with van der Waals surface area (Å²) in [5.74, 6) is -2.95. The molecule has 3 saturated heterocycles. The maximum atomic E-state index is 16.1. The SMILES string of the molecule is COc1cc(-c2cn(C)c(=O)c(C)c2C)cc(OC)c1CN1CCC(N2CCN(c3cccc4c(C5CCC(=O)NC5=O)nn(C)c34)CC2)C(F)(F)C1. The first-order valence-electron chi connectivity index (χ1n) is 18.1. The summed E-state index contributed by atoms with van der Waals surface area (Å²) in [7, 11) is 6.69. The highest BCUT2D eigenvalue weighted by Gasteiger charge is 2.48. The minimum absolute atomic E-state index is 0.0579. The van der Waals surface area contributed by atoms with Crippen LogP contribution in [0, 0.1) is 13.8 Å². The number of imide groups is 1. The number of hydrogen-bond acceptors (Lipinski definition) is 9. The summed E-state index contributed by atoms with van der Waals surface area (Å²) in [6.07, 6.45) is 2.80. The maximum Gasteiger partial charge on any atom is 0.275 e. The van der Waals surface area contributed by atoms with Gasteiger partial charge in [0.05, 0.1) is 55.2 Å². The van der Waals surface area contributed by atoms with E-state index >= 15 is 8.78 Å². The number of carbonyl (C=O) groups excluding carboxylic acids is 2. The lowest BCUT2D eigenvalue weighted by Gasteiger charge is -2.46. The number of ether oxygens (including phenoxy) is 2. The fourth-order valence-corrected chi connectivity index (χ4v) is 8.45. The molecule has 0 saturated carbocycles. The molecule has 0 aliphatic carbocycles. The number of hydrogen-bond donors (Lipinski definition) is 1. The number of alkyl halides is 2. The van der Waals surface area contributed by atoms with Crippen molar-refractivity contribution in [1.82, 2.24) is 29.5 Å². The molecule has 4 aromatic rings. The van der Waals surface area contributed by atoms with E-state index in [4.69, 9.17) is 14.6 Å². The van der Waals surface area contributed by atoms with Crippen molar-refractivity contribution >= 4 is 28.4 Å². The number of pyridine rings is 1. The van der Waals surface area contributed by atoms with Gasteiger partial charge in [-0.3, -0.25) is 34.2 Å². The fourth-order valence-electron chi connectivity index (χ4n) is 8.45. The number of aryl methyl sites for hydroxylation is 2. The van der Waals surface area contributed by atoms with Crippen LogP contribution >= 0.6 is 0 Å². The van der Waals surface area contributed by atoms with Gasteiger partial charge >= 0.3 is 0 Å². The number of piperidine rings is 2. The van der Waals surface area contributed by atoms with E-state index in [0.29, 0.717) is 73.9 Å². The highest BCUT2D eigenvalue weighted by molar-refractivity contribution is 6.03. The van der Waals surface area contributed by atoms with E-state index in [2.05, 4.69) is 10.2 Å². The summed E-state index contributed by atoms with van der Waals surface area (Å²) in [6, 6.07) is 8.79. The number of fused-ring (bicyclic) bond motifs is 1. The zero-order chi connectivity index (χ0) is 37.8. The highest BCUT2D eigenvalue weighted by atomic mass is 19.3. The van der Waals surface area contributed by atoms with Crippen LogP contribution in [0.3, 0.4) is 0 Å². The number of methoxy groups -OCH3 is 2. The van der Waals surface area contributed by atoms with Crippen molar-refractivity contribution in [1.29, 1.82) is 0 Å². The van der Waals surface area contributed by atoms with Crippen LogP contribution in [0.25, 0.3) is 22.0 Å². The Hall–Kier alpha value is -4.82. The normalized spacial score (nSPS) is 21.2. The zero-order valence-electron chi connectivity index (χ0n) is 31.2. The summed E-state index contributed by atoms with van der Waals surface area (Å²) in [6.45, 7) is 6.18. The zero-order valence-corrected chi connectivity index (χ0v) is 31.2. The second kappa shape index (κ2) is 14.2. The molecule has 2 aromatic heterocycles. The Morgan fingerprint density at radius 1 is 0.943 bits per heavy atom. The van der Waals surface area contributed by atoms with E-state index in [1.54, 1.807) is 48.5 Å². The van der Waals surface area contributed by atoms with Crippen molar-refractivity contribution < 1.29 is 27.8 Å². The molecule has 3 fully saturated rings. The number of aromatic nitrogens is 3. The molecular formula is C39H47F2N7O5. The molecule has 282 valence electrons. The number of rotatable bonds is 8. The number of halogens is 2. The van der Waals surface area contributed by atoms with Gasteiger partial charge in [0, 0.05) is 82.5 Å². The molecule has 53 heavy (non-hydrogen) atoms. The Morgan fingerprint density at radius 2 is 1.64 bits per heavy atom. The van der Waals surface area contributed by atoms with Crippen molar-refractivity contribution in [2.24, 2.45) is 14.1 Å². The Balaban J connectivity index is 1.04. The van der Waals surface area contributed by atoms with Crippen molar-refractivity contribution in [2.75, 3.05) is 58.4 Å². The Labute approximate surface area is 307 Å². The number of anilines is 1. The Kier molecular flexibility index (Phi) is 9.79. The fraction of sp³-hybridized carbons (Fsp3) is 0.487. The van der Waals surface area contributed by atoms with E-state index in [1.807, 2.05) is 49.2 Å². The quantitative estimate of drug-likeness (QED) is 0.268. The van der Waals surface area contributed by atoms with E-state index in [0.717, 1.165) is 33.3 Å². The minimum Gasteiger partial charge on any atom is -0.496 e. The number of piperazine rings is 1. The van der Waals surface area contributed by atoms with Gasteiger partial charge in [0.1, 0.15) is 11.5 Å². The van der Waals surface area contributed by atoms with Crippen molar-refractivity contribution in [2.45, 2.75) is 57.5 Å². The lowest BCUT2D eigenvalue weighted by atomic mass is 9.92. The van der Waals surface area contributed by atoms with E-state index < -0.39 is 17.9 Å². The molecule has 14 heteroatoms. The smallest absolute Gasteiger partial charge is 0.275 e. The number of nitrogens with zero attached hydrogens (tertiary/aromatic N) is 6. The molecule has 2 aromatic carbocycles. The van der Waals surface area contributed by atoms with Gasteiger partial charge < -0.3 is 18.9 Å². The summed E-state index contributed by atoms with van der Waals surface area (Å²) in [5, 5.41) is 8.01. The number of carbonyl (C=O) groups is 2. The monoisotopic (exact) mass is 731 g/mol. The first-order valence-corrected chi connectivity index (χ1v) is 18.1. The lowest BCUT2D eigenvalue weighted by molar-refractivity contribution is -0.134. The number of nitrogens with one attached hydrogen (secondary N) is 1. The minimum atomic E-state index is -2.94. The summed E-state index contributed by atoms with van der Waals surface area (Å²) in [5.41, 5.74) is 6.34. The van der Waals surface area contributed by atoms with Crippen molar-refractivity contribution in [3.63, 3.8) is 0 Å². The number of amides is 2. The van der Waals surface area contributed by atoms with Crippen LogP contribution in [0.1, 0.15) is 47.6 Å². The summed E-state index contributed by atoms with van der Waals surface area (Å²) >= 11 is 0. The number of para-hydroxylation sites is 1. The molecule has 0 bridgehead atoms. The van der Waals surface area contributed by atoms with Crippen molar-refractivity contribution in [3.05, 3.63) is 69.3 Å². The van der Waals surface area contributed by atoms with E-state index in [1.165, 1.54) is 0 Å². The molecule has 3 aliphatic rings. The molecule has 0 spiro atoms. The Bertz CT molecular complexity index is 2110. The topological polar surface area (TPSA) is 114 Å². The third-order valence-electron chi connectivity index (χ3n) is 11.4. The first kappa shape index (κ1) is 36.5.